The molecule has 0 saturated heterocycles. The van der Waals surface area contributed by atoms with Gasteiger partial charge in [-0.2, -0.15) is 0 Å². The normalized spacial score (nSPS) is 12.0. The zero-order valence-electron chi connectivity index (χ0n) is 12.5. The molecule has 1 heterocycles. The zero-order chi connectivity index (χ0) is 15.6. The van der Waals surface area contributed by atoms with Gasteiger partial charge in [0.2, 0.25) is 0 Å². The molecule has 1 atom stereocenters. The first kappa shape index (κ1) is 14.9. The molecule has 0 spiro atoms. The van der Waals surface area contributed by atoms with Crippen LogP contribution in [0.3, 0.4) is 0 Å². The Kier molecular flexibility index (Phi) is 4.16. The molecule has 21 heavy (non-hydrogen) atoms. The number of benzene rings is 1. The van der Waals surface area contributed by atoms with Crippen LogP contribution in [-0.4, -0.2) is 14.9 Å². The number of aryl methyl sites for hydroxylation is 3. The van der Waals surface area contributed by atoms with Crippen molar-refractivity contribution in [2.24, 2.45) is 0 Å². The number of nitrogens with one attached hydrogen (secondary N) is 1. The molecule has 1 aromatic carbocycles. The van der Waals surface area contributed by atoms with Crippen molar-refractivity contribution < 1.29 is 4.92 Å². The van der Waals surface area contributed by atoms with Crippen molar-refractivity contribution in [1.82, 2.24) is 9.97 Å². The molecule has 0 radical (unpaired) electrons. The topological polar surface area (TPSA) is 81.0 Å². The van der Waals surface area contributed by atoms with Gasteiger partial charge in [0.1, 0.15) is 5.69 Å². The summed E-state index contributed by atoms with van der Waals surface area (Å²) < 4.78 is 0. The lowest BCUT2D eigenvalue weighted by Gasteiger charge is -2.17. The van der Waals surface area contributed by atoms with Crippen molar-refractivity contribution in [2.45, 2.75) is 33.7 Å². The maximum Gasteiger partial charge on any atom is 0.292 e. The first-order valence-corrected chi connectivity index (χ1v) is 6.70. The van der Waals surface area contributed by atoms with Crippen LogP contribution in [-0.2, 0) is 0 Å². The molecule has 6 nitrogen and oxygen atoms in total. The Morgan fingerprint density at radius 2 is 1.76 bits per heavy atom. The molecule has 0 aliphatic rings. The van der Waals surface area contributed by atoms with Gasteiger partial charge in [-0.1, -0.05) is 0 Å². The van der Waals surface area contributed by atoms with Crippen molar-refractivity contribution in [3.05, 3.63) is 57.2 Å². The smallest absolute Gasteiger partial charge is 0.292 e. The summed E-state index contributed by atoms with van der Waals surface area (Å²) in [6.07, 6.45) is 3.25. The molecule has 0 amide bonds. The quantitative estimate of drug-likeness (QED) is 0.687. The van der Waals surface area contributed by atoms with Crippen LogP contribution in [0.5, 0.6) is 0 Å². The zero-order valence-corrected chi connectivity index (χ0v) is 12.5. The Balaban J connectivity index is 2.37. The lowest BCUT2D eigenvalue weighted by Crippen LogP contribution is -2.12. The van der Waals surface area contributed by atoms with Gasteiger partial charge in [-0.3, -0.25) is 20.1 Å². The van der Waals surface area contributed by atoms with E-state index in [1.807, 2.05) is 27.7 Å². The predicted octanol–water partition coefficient (Wildman–Crippen LogP) is 3.48. The number of hydrogen-bond donors (Lipinski definition) is 1. The molecule has 1 N–H and O–H groups in total. The molecular weight excluding hydrogens is 268 g/mol. The third kappa shape index (κ3) is 3.16. The molecule has 0 fully saturated rings. The SMILES string of the molecule is Cc1cc(NC(C)c2nccnc2C)c([N+](=O)[O-])cc1C. The van der Waals surface area contributed by atoms with Crippen LogP contribution in [0.2, 0.25) is 0 Å². The Morgan fingerprint density at radius 1 is 1.14 bits per heavy atom. The van der Waals surface area contributed by atoms with Gasteiger partial charge >= 0.3 is 0 Å². The molecule has 2 aromatic rings. The summed E-state index contributed by atoms with van der Waals surface area (Å²) >= 11 is 0. The minimum absolute atomic E-state index is 0.0755. The first-order chi connectivity index (χ1) is 9.90. The number of nitro groups is 1. The van der Waals surface area contributed by atoms with Gasteiger partial charge in [0, 0.05) is 18.5 Å². The van der Waals surface area contributed by atoms with Crippen molar-refractivity contribution in [3.8, 4) is 0 Å². The van der Waals surface area contributed by atoms with Gasteiger partial charge in [0.25, 0.3) is 5.69 Å². The summed E-state index contributed by atoms with van der Waals surface area (Å²) in [5.74, 6) is 0. The van der Waals surface area contributed by atoms with E-state index in [-0.39, 0.29) is 16.7 Å². The average Bonchev–Trinajstić information content (AvgIpc) is 2.42. The number of nitro benzene ring substituents is 1. The molecule has 1 aromatic heterocycles. The first-order valence-electron chi connectivity index (χ1n) is 6.70. The van der Waals surface area contributed by atoms with E-state index in [2.05, 4.69) is 15.3 Å². The van der Waals surface area contributed by atoms with E-state index in [0.717, 1.165) is 22.5 Å². The molecule has 110 valence electrons. The Hall–Kier alpha value is -2.50. The monoisotopic (exact) mass is 286 g/mol. The highest BCUT2D eigenvalue weighted by Gasteiger charge is 2.19. The summed E-state index contributed by atoms with van der Waals surface area (Å²) in [6, 6.07) is 3.23. The van der Waals surface area contributed by atoms with Crippen molar-refractivity contribution in [3.63, 3.8) is 0 Å². The third-order valence-electron chi connectivity index (χ3n) is 3.51. The van der Waals surface area contributed by atoms with Crippen LogP contribution < -0.4 is 5.32 Å². The summed E-state index contributed by atoms with van der Waals surface area (Å²) in [4.78, 5) is 19.3. The largest absolute Gasteiger partial charge is 0.371 e. The highest BCUT2D eigenvalue weighted by Crippen LogP contribution is 2.30. The minimum atomic E-state index is -0.370. The third-order valence-corrected chi connectivity index (χ3v) is 3.51. The number of anilines is 1. The minimum Gasteiger partial charge on any atom is -0.371 e. The van der Waals surface area contributed by atoms with Gasteiger partial charge in [-0.05, 0) is 44.9 Å². The fourth-order valence-electron chi connectivity index (χ4n) is 2.21. The predicted molar refractivity (Wildman–Crippen MR) is 81.4 cm³/mol. The van der Waals surface area contributed by atoms with Crippen LogP contribution >= 0.6 is 0 Å². The van der Waals surface area contributed by atoms with Crippen molar-refractivity contribution >= 4 is 11.4 Å². The summed E-state index contributed by atoms with van der Waals surface area (Å²) in [5, 5.41) is 14.4. The van der Waals surface area contributed by atoms with Crippen molar-refractivity contribution in [2.75, 3.05) is 5.32 Å². The van der Waals surface area contributed by atoms with Gasteiger partial charge in [0.05, 0.1) is 22.4 Å². The number of aromatic nitrogens is 2. The summed E-state index contributed by atoms with van der Waals surface area (Å²) in [5.41, 5.74) is 4.07. The molecule has 0 aliphatic heterocycles. The van der Waals surface area contributed by atoms with Gasteiger partial charge in [-0.25, -0.2) is 0 Å². The van der Waals surface area contributed by atoms with E-state index in [4.69, 9.17) is 0 Å². The van der Waals surface area contributed by atoms with Crippen LogP contribution in [0, 0.1) is 30.9 Å². The number of hydrogen-bond acceptors (Lipinski definition) is 5. The molecule has 0 bridgehead atoms. The fourth-order valence-corrected chi connectivity index (χ4v) is 2.21. The van der Waals surface area contributed by atoms with E-state index >= 15 is 0 Å². The van der Waals surface area contributed by atoms with Crippen LogP contribution in [0.4, 0.5) is 11.4 Å². The molecule has 0 aliphatic carbocycles. The van der Waals surface area contributed by atoms with E-state index < -0.39 is 0 Å². The van der Waals surface area contributed by atoms with E-state index in [1.165, 1.54) is 0 Å². The van der Waals surface area contributed by atoms with E-state index in [9.17, 15) is 10.1 Å². The molecule has 6 heteroatoms. The maximum atomic E-state index is 11.2. The van der Waals surface area contributed by atoms with Gasteiger partial charge < -0.3 is 5.32 Å². The second-order valence-corrected chi connectivity index (χ2v) is 5.10. The Labute approximate surface area is 123 Å². The standard InChI is InChI=1S/C15H18N4O2/c1-9-7-13(14(19(20)21)8-10(9)2)18-12(4)15-11(3)16-5-6-17-15/h5-8,12,18H,1-4H3. The van der Waals surface area contributed by atoms with Crippen LogP contribution in [0.15, 0.2) is 24.5 Å². The van der Waals surface area contributed by atoms with E-state index in [0.29, 0.717) is 5.69 Å². The highest BCUT2D eigenvalue weighted by atomic mass is 16.6. The van der Waals surface area contributed by atoms with E-state index in [1.54, 1.807) is 24.5 Å². The average molecular weight is 286 g/mol. The second kappa shape index (κ2) is 5.87. The van der Waals surface area contributed by atoms with Gasteiger partial charge in [0.15, 0.2) is 0 Å². The summed E-state index contributed by atoms with van der Waals surface area (Å²) in [7, 11) is 0. The Bertz CT molecular complexity index is 685. The van der Waals surface area contributed by atoms with Crippen molar-refractivity contribution in [1.29, 1.82) is 0 Å². The lowest BCUT2D eigenvalue weighted by molar-refractivity contribution is -0.384. The second-order valence-electron chi connectivity index (χ2n) is 5.10. The lowest BCUT2D eigenvalue weighted by atomic mass is 10.1. The maximum absolute atomic E-state index is 11.2. The van der Waals surface area contributed by atoms with Crippen LogP contribution in [0.25, 0.3) is 0 Å². The number of nitrogens with zero attached hydrogens (tertiary/aromatic N) is 3. The van der Waals surface area contributed by atoms with Gasteiger partial charge in [-0.15, -0.1) is 0 Å². The number of rotatable bonds is 4. The highest BCUT2D eigenvalue weighted by molar-refractivity contribution is 5.65. The molecular formula is C15H18N4O2. The summed E-state index contributed by atoms with van der Waals surface area (Å²) in [6.45, 7) is 7.58. The fraction of sp³-hybridized carbons (Fsp3) is 0.333. The molecule has 0 saturated carbocycles. The molecule has 1 unspecified atom stereocenters. The Morgan fingerprint density at radius 3 is 2.38 bits per heavy atom. The van der Waals surface area contributed by atoms with Crippen LogP contribution in [0.1, 0.15) is 35.5 Å². The molecule has 2 rings (SSSR count).